The number of carbonyl (C=O) groups is 1. The fourth-order valence-electron chi connectivity index (χ4n) is 1.91. The summed E-state index contributed by atoms with van der Waals surface area (Å²) in [6, 6.07) is 2.62. The highest BCUT2D eigenvalue weighted by Gasteiger charge is 2.25. The van der Waals surface area contributed by atoms with Crippen molar-refractivity contribution in [2.24, 2.45) is 0 Å². The molecule has 0 saturated carbocycles. The number of pyridine rings is 1. The molecule has 18 heavy (non-hydrogen) atoms. The van der Waals surface area contributed by atoms with E-state index in [4.69, 9.17) is 9.84 Å². The van der Waals surface area contributed by atoms with Gasteiger partial charge in [0.25, 0.3) is 5.91 Å². The van der Waals surface area contributed by atoms with Crippen molar-refractivity contribution in [3.05, 3.63) is 29.8 Å². The SMILES string of the molecule is O=C(NC[C@H]1CC[C@@H](CO)O1)c1ncccc1F. The molecule has 0 radical (unpaired) electrons. The van der Waals surface area contributed by atoms with Crippen molar-refractivity contribution in [3.63, 3.8) is 0 Å². The number of amides is 1. The van der Waals surface area contributed by atoms with E-state index < -0.39 is 11.7 Å². The van der Waals surface area contributed by atoms with Gasteiger partial charge in [0.1, 0.15) is 0 Å². The van der Waals surface area contributed by atoms with Crippen LogP contribution in [-0.4, -0.2) is 41.4 Å². The fraction of sp³-hybridized carbons (Fsp3) is 0.500. The van der Waals surface area contributed by atoms with Gasteiger partial charge in [-0.3, -0.25) is 4.79 Å². The number of carbonyl (C=O) groups excluding carboxylic acids is 1. The van der Waals surface area contributed by atoms with E-state index in [1.165, 1.54) is 18.3 Å². The summed E-state index contributed by atoms with van der Waals surface area (Å²) in [6.45, 7) is 0.282. The lowest BCUT2D eigenvalue weighted by Crippen LogP contribution is -2.33. The molecule has 1 aromatic heterocycles. The van der Waals surface area contributed by atoms with Crippen LogP contribution in [0.4, 0.5) is 4.39 Å². The second-order valence-corrected chi connectivity index (χ2v) is 4.18. The van der Waals surface area contributed by atoms with Crippen molar-refractivity contribution in [1.29, 1.82) is 0 Å². The van der Waals surface area contributed by atoms with Gasteiger partial charge in [-0.15, -0.1) is 0 Å². The lowest BCUT2D eigenvalue weighted by molar-refractivity contribution is 0.0124. The molecular formula is C12H15FN2O3. The van der Waals surface area contributed by atoms with E-state index in [1.807, 2.05) is 0 Å². The van der Waals surface area contributed by atoms with E-state index in [1.54, 1.807) is 0 Å². The predicted octanol–water partition coefficient (Wildman–Crippen LogP) is 0.490. The third-order valence-corrected chi connectivity index (χ3v) is 2.86. The molecule has 0 bridgehead atoms. The number of aromatic nitrogens is 1. The van der Waals surface area contributed by atoms with Crippen LogP contribution in [0.25, 0.3) is 0 Å². The van der Waals surface area contributed by atoms with Gasteiger partial charge < -0.3 is 15.2 Å². The molecule has 1 aliphatic rings. The van der Waals surface area contributed by atoms with Crippen LogP contribution in [0.2, 0.25) is 0 Å². The van der Waals surface area contributed by atoms with Gasteiger partial charge in [-0.2, -0.15) is 0 Å². The summed E-state index contributed by atoms with van der Waals surface area (Å²) in [7, 11) is 0. The Kier molecular flexibility index (Phi) is 4.22. The van der Waals surface area contributed by atoms with Gasteiger partial charge in [-0.05, 0) is 25.0 Å². The Morgan fingerprint density at radius 3 is 3.00 bits per heavy atom. The third kappa shape index (κ3) is 3.02. The number of hydrogen-bond donors (Lipinski definition) is 2. The fourth-order valence-corrected chi connectivity index (χ4v) is 1.91. The maximum Gasteiger partial charge on any atom is 0.273 e. The van der Waals surface area contributed by atoms with Gasteiger partial charge in [0.05, 0.1) is 18.8 Å². The van der Waals surface area contributed by atoms with Crippen LogP contribution in [0.15, 0.2) is 18.3 Å². The van der Waals surface area contributed by atoms with Gasteiger partial charge in [-0.1, -0.05) is 0 Å². The summed E-state index contributed by atoms with van der Waals surface area (Å²) < 4.78 is 18.7. The molecule has 6 heteroatoms. The van der Waals surface area contributed by atoms with Crippen LogP contribution in [-0.2, 0) is 4.74 Å². The van der Waals surface area contributed by atoms with Gasteiger partial charge in [0, 0.05) is 12.7 Å². The highest BCUT2D eigenvalue weighted by Crippen LogP contribution is 2.18. The first kappa shape index (κ1) is 12.9. The molecule has 0 unspecified atom stereocenters. The highest BCUT2D eigenvalue weighted by atomic mass is 19.1. The molecule has 0 aromatic carbocycles. The van der Waals surface area contributed by atoms with Crippen LogP contribution in [0.3, 0.4) is 0 Å². The zero-order chi connectivity index (χ0) is 13.0. The lowest BCUT2D eigenvalue weighted by Gasteiger charge is -2.12. The van der Waals surface area contributed by atoms with E-state index in [0.29, 0.717) is 6.54 Å². The molecule has 1 fully saturated rings. The lowest BCUT2D eigenvalue weighted by atomic mass is 10.2. The van der Waals surface area contributed by atoms with E-state index in [2.05, 4.69) is 10.3 Å². The molecule has 1 saturated heterocycles. The number of aliphatic hydroxyl groups excluding tert-OH is 1. The summed E-state index contributed by atoms with van der Waals surface area (Å²) >= 11 is 0. The number of aliphatic hydroxyl groups is 1. The van der Waals surface area contributed by atoms with E-state index in [-0.39, 0.29) is 24.5 Å². The Morgan fingerprint density at radius 2 is 2.33 bits per heavy atom. The first-order valence-electron chi connectivity index (χ1n) is 5.85. The smallest absolute Gasteiger partial charge is 0.273 e. The number of halogens is 1. The van der Waals surface area contributed by atoms with Gasteiger partial charge in [0.2, 0.25) is 0 Å². The van der Waals surface area contributed by atoms with Crippen molar-refractivity contribution in [1.82, 2.24) is 10.3 Å². The number of nitrogens with zero attached hydrogens (tertiary/aromatic N) is 1. The number of rotatable bonds is 4. The van der Waals surface area contributed by atoms with Gasteiger partial charge in [-0.25, -0.2) is 9.37 Å². The van der Waals surface area contributed by atoms with Crippen molar-refractivity contribution in [3.8, 4) is 0 Å². The van der Waals surface area contributed by atoms with Crippen LogP contribution >= 0.6 is 0 Å². The zero-order valence-corrected chi connectivity index (χ0v) is 9.80. The molecular weight excluding hydrogens is 239 g/mol. The molecule has 2 rings (SSSR count). The second-order valence-electron chi connectivity index (χ2n) is 4.18. The van der Waals surface area contributed by atoms with Gasteiger partial charge >= 0.3 is 0 Å². The van der Waals surface area contributed by atoms with Crippen LogP contribution in [0, 0.1) is 5.82 Å². The maximum atomic E-state index is 13.3. The molecule has 2 N–H and O–H groups in total. The van der Waals surface area contributed by atoms with E-state index >= 15 is 0 Å². The Hall–Kier alpha value is -1.53. The summed E-state index contributed by atoms with van der Waals surface area (Å²) in [6.07, 6.45) is 2.63. The Bertz CT molecular complexity index is 428. The first-order valence-corrected chi connectivity index (χ1v) is 5.85. The maximum absolute atomic E-state index is 13.3. The molecule has 98 valence electrons. The molecule has 2 heterocycles. The molecule has 0 aliphatic carbocycles. The minimum Gasteiger partial charge on any atom is -0.394 e. The second kappa shape index (κ2) is 5.88. The minimum absolute atomic E-state index is 0.0146. The quantitative estimate of drug-likeness (QED) is 0.820. The predicted molar refractivity (Wildman–Crippen MR) is 61.5 cm³/mol. The molecule has 1 aliphatic heterocycles. The minimum atomic E-state index is -0.643. The van der Waals surface area contributed by atoms with Crippen LogP contribution < -0.4 is 5.32 Å². The number of ether oxygens (including phenoxy) is 1. The average molecular weight is 254 g/mol. The number of nitrogens with one attached hydrogen (secondary N) is 1. The summed E-state index contributed by atoms with van der Waals surface area (Å²) in [5, 5.41) is 11.5. The van der Waals surface area contributed by atoms with Crippen molar-refractivity contribution in [2.45, 2.75) is 25.0 Å². The first-order chi connectivity index (χ1) is 8.70. The Balaban J connectivity index is 1.84. The molecule has 1 aromatic rings. The molecule has 2 atom stereocenters. The topological polar surface area (TPSA) is 71.5 Å². The molecule has 5 nitrogen and oxygen atoms in total. The summed E-state index contributed by atoms with van der Waals surface area (Å²) in [5.74, 6) is -1.19. The normalized spacial score (nSPS) is 23.0. The van der Waals surface area contributed by atoms with E-state index in [0.717, 1.165) is 12.8 Å². The average Bonchev–Trinajstić information content (AvgIpc) is 2.84. The largest absolute Gasteiger partial charge is 0.394 e. The standard InChI is InChI=1S/C12H15FN2O3/c13-10-2-1-5-14-11(10)12(17)15-6-8-3-4-9(7-16)18-8/h1-2,5,8-9,16H,3-4,6-7H2,(H,15,17)/t8-,9+/m1/s1. The zero-order valence-electron chi connectivity index (χ0n) is 9.80. The van der Waals surface area contributed by atoms with Crippen molar-refractivity contribution < 1.29 is 19.0 Å². The monoisotopic (exact) mass is 254 g/mol. The third-order valence-electron chi connectivity index (χ3n) is 2.86. The van der Waals surface area contributed by atoms with Gasteiger partial charge in [0.15, 0.2) is 11.5 Å². The number of hydrogen-bond acceptors (Lipinski definition) is 4. The summed E-state index contributed by atoms with van der Waals surface area (Å²) in [4.78, 5) is 15.3. The van der Waals surface area contributed by atoms with E-state index in [9.17, 15) is 9.18 Å². The molecule has 0 spiro atoms. The van der Waals surface area contributed by atoms with Crippen LogP contribution in [0.5, 0.6) is 0 Å². The summed E-state index contributed by atoms with van der Waals surface area (Å²) in [5.41, 5.74) is -0.214. The van der Waals surface area contributed by atoms with Crippen molar-refractivity contribution in [2.75, 3.05) is 13.2 Å². The Labute approximate surface area is 104 Å². The van der Waals surface area contributed by atoms with Crippen molar-refractivity contribution >= 4 is 5.91 Å². The highest BCUT2D eigenvalue weighted by molar-refractivity contribution is 5.92. The molecule has 1 amide bonds. The Morgan fingerprint density at radius 1 is 1.56 bits per heavy atom. The van der Waals surface area contributed by atoms with Crippen LogP contribution in [0.1, 0.15) is 23.3 Å².